The van der Waals surface area contributed by atoms with Gasteiger partial charge in [0.25, 0.3) is 0 Å². The highest BCUT2D eigenvalue weighted by Crippen LogP contribution is 2.33. The Morgan fingerprint density at radius 3 is 1.70 bits per heavy atom. The van der Waals surface area contributed by atoms with Crippen LogP contribution in [0.25, 0.3) is 0 Å². The van der Waals surface area contributed by atoms with E-state index in [0.717, 1.165) is 17.6 Å². The lowest BCUT2D eigenvalue weighted by molar-refractivity contribution is -0.139. The van der Waals surface area contributed by atoms with Gasteiger partial charge >= 0.3 is 5.97 Å². The maximum Gasteiger partial charge on any atom is 0.330 e. The van der Waals surface area contributed by atoms with E-state index in [-0.39, 0.29) is 18.6 Å². The van der Waals surface area contributed by atoms with Gasteiger partial charge < -0.3 is 28.8 Å². The Morgan fingerprint density at radius 2 is 1.24 bits per heavy atom. The molecule has 33 heavy (non-hydrogen) atoms. The third kappa shape index (κ3) is 9.26. The lowest BCUT2D eigenvalue weighted by atomic mass is 9.78. The number of aliphatic hydroxyl groups is 1. The van der Waals surface area contributed by atoms with Gasteiger partial charge in [-0.15, -0.1) is 0 Å². The second-order valence-corrected chi connectivity index (χ2v) is 7.69. The summed E-state index contributed by atoms with van der Waals surface area (Å²) < 4.78 is 26.8. The third-order valence-electron chi connectivity index (χ3n) is 5.02. The predicted octanol–water partition coefficient (Wildman–Crippen LogP) is 3.52. The highest BCUT2D eigenvalue weighted by atomic mass is 16.6. The van der Waals surface area contributed by atoms with E-state index >= 15 is 0 Å². The van der Waals surface area contributed by atoms with Gasteiger partial charge in [0, 0.05) is 11.5 Å². The SMILES string of the molecule is C=CC(=O)OCCOCCOc1ccc(C(C)(C)c2ccc(OCCOCCO)cc2)cc1. The fourth-order valence-electron chi connectivity index (χ4n) is 3.07. The van der Waals surface area contributed by atoms with Gasteiger partial charge in [-0.3, -0.25) is 0 Å². The van der Waals surface area contributed by atoms with Crippen molar-refractivity contribution >= 4 is 5.97 Å². The molecule has 7 nitrogen and oxygen atoms in total. The van der Waals surface area contributed by atoms with E-state index in [1.807, 2.05) is 24.3 Å². The Bertz CT molecular complexity index is 829. The molecule has 0 amide bonds. The van der Waals surface area contributed by atoms with Crippen molar-refractivity contribution in [1.29, 1.82) is 0 Å². The third-order valence-corrected chi connectivity index (χ3v) is 5.02. The lowest BCUT2D eigenvalue weighted by Crippen LogP contribution is -2.19. The van der Waals surface area contributed by atoms with E-state index in [0.29, 0.717) is 39.6 Å². The molecule has 0 heterocycles. The van der Waals surface area contributed by atoms with Crippen LogP contribution in [0, 0.1) is 0 Å². The number of esters is 1. The van der Waals surface area contributed by atoms with Gasteiger partial charge in [0.2, 0.25) is 0 Å². The van der Waals surface area contributed by atoms with Crippen molar-refractivity contribution in [2.45, 2.75) is 19.3 Å². The fraction of sp³-hybridized carbons (Fsp3) is 0.423. The van der Waals surface area contributed by atoms with Crippen LogP contribution in [0.4, 0.5) is 0 Å². The van der Waals surface area contributed by atoms with E-state index < -0.39 is 5.97 Å². The Balaban J connectivity index is 1.77. The zero-order valence-electron chi connectivity index (χ0n) is 19.5. The van der Waals surface area contributed by atoms with Crippen molar-refractivity contribution in [3.63, 3.8) is 0 Å². The minimum absolute atomic E-state index is 0.0158. The first kappa shape index (κ1) is 26.4. The first-order chi connectivity index (χ1) is 16.0. The minimum Gasteiger partial charge on any atom is -0.491 e. The Labute approximate surface area is 195 Å². The molecule has 0 saturated carbocycles. The van der Waals surface area contributed by atoms with Crippen LogP contribution in [0.1, 0.15) is 25.0 Å². The molecule has 0 saturated heterocycles. The van der Waals surface area contributed by atoms with E-state index in [9.17, 15) is 4.79 Å². The van der Waals surface area contributed by atoms with Crippen LogP contribution in [0.15, 0.2) is 61.2 Å². The van der Waals surface area contributed by atoms with Crippen molar-refractivity contribution in [1.82, 2.24) is 0 Å². The number of carbonyl (C=O) groups is 1. The van der Waals surface area contributed by atoms with Gasteiger partial charge in [0.05, 0.1) is 33.0 Å². The summed E-state index contributed by atoms with van der Waals surface area (Å²) in [5.74, 6) is 1.10. The molecule has 0 bridgehead atoms. The number of benzene rings is 2. The topological polar surface area (TPSA) is 83.5 Å². The van der Waals surface area contributed by atoms with Crippen molar-refractivity contribution < 1.29 is 33.6 Å². The molecule has 2 aromatic carbocycles. The minimum atomic E-state index is -0.456. The van der Waals surface area contributed by atoms with Crippen LogP contribution in [-0.4, -0.2) is 63.9 Å². The van der Waals surface area contributed by atoms with Crippen molar-refractivity contribution in [3.8, 4) is 11.5 Å². The van der Waals surface area contributed by atoms with Crippen LogP contribution < -0.4 is 9.47 Å². The van der Waals surface area contributed by atoms with Crippen molar-refractivity contribution in [2.75, 3.05) is 52.9 Å². The quantitative estimate of drug-likeness (QED) is 0.234. The van der Waals surface area contributed by atoms with Crippen LogP contribution in [-0.2, 0) is 24.4 Å². The van der Waals surface area contributed by atoms with Gasteiger partial charge in [0.1, 0.15) is 31.3 Å². The molecular weight excluding hydrogens is 424 g/mol. The smallest absolute Gasteiger partial charge is 0.330 e. The first-order valence-electron chi connectivity index (χ1n) is 11.0. The van der Waals surface area contributed by atoms with Crippen LogP contribution in [0.5, 0.6) is 11.5 Å². The van der Waals surface area contributed by atoms with Crippen molar-refractivity contribution in [2.24, 2.45) is 0 Å². The highest BCUT2D eigenvalue weighted by Gasteiger charge is 2.23. The average Bonchev–Trinajstić information content (AvgIpc) is 2.83. The highest BCUT2D eigenvalue weighted by molar-refractivity contribution is 5.81. The lowest BCUT2D eigenvalue weighted by Gasteiger charge is -2.26. The number of rotatable bonds is 16. The molecule has 0 aliphatic carbocycles. The van der Waals surface area contributed by atoms with Crippen LogP contribution >= 0.6 is 0 Å². The molecule has 7 heteroatoms. The van der Waals surface area contributed by atoms with Gasteiger partial charge in [-0.25, -0.2) is 4.79 Å². The molecule has 0 spiro atoms. The number of hydrogen-bond donors (Lipinski definition) is 1. The maximum atomic E-state index is 10.9. The molecule has 0 fully saturated rings. The monoisotopic (exact) mass is 458 g/mol. The number of hydrogen-bond acceptors (Lipinski definition) is 7. The average molecular weight is 459 g/mol. The largest absolute Gasteiger partial charge is 0.491 e. The molecule has 0 radical (unpaired) electrons. The molecular formula is C26H34O7. The zero-order chi connectivity index (χ0) is 23.9. The molecule has 2 rings (SSSR count). The summed E-state index contributed by atoms with van der Waals surface area (Å²) >= 11 is 0. The zero-order valence-corrected chi connectivity index (χ0v) is 19.5. The number of aliphatic hydroxyl groups excluding tert-OH is 1. The second-order valence-electron chi connectivity index (χ2n) is 7.69. The Hall–Kier alpha value is -2.87. The molecule has 180 valence electrons. The number of ether oxygens (including phenoxy) is 5. The Kier molecular flexibility index (Phi) is 11.4. The molecule has 1 N–H and O–H groups in total. The van der Waals surface area contributed by atoms with E-state index in [2.05, 4.69) is 44.7 Å². The van der Waals surface area contributed by atoms with E-state index in [1.54, 1.807) is 0 Å². The normalized spacial score (nSPS) is 11.1. The summed E-state index contributed by atoms with van der Waals surface area (Å²) in [6.07, 6.45) is 1.12. The molecule has 0 aliphatic rings. The molecule has 2 aromatic rings. The summed E-state index contributed by atoms with van der Waals surface area (Å²) in [5.41, 5.74) is 2.15. The Morgan fingerprint density at radius 1 is 0.788 bits per heavy atom. The van der Waals surface area contributed by atoms with Gasteiger partial charge in [-0.2, -0.15) is 0 Å². The summed E-state index contributed by atoms with van der Waals surface area (Å²) in [5, 5.41) is 8.70. The molecule has 0 unspecified atom stereocenters. The first-order valence-corrected chi connectivity index (χ1v) is 11.0. The summed E-state index contributed by atoms with van der Waals surface area (Å²) in [4.78, 5) is 10.9. The van der Waals surface area contributed by atoms with Gasteiger partial charge in [0.15, 0.2) is 0 Å². The van der Waals surface area contributed by atoms with Crippen LogP contribution in [0.3, 0.4) is 0 Å². The maximum absolute atomic E-state index is 10.9. The fourth-order valence-corrected chi connectivity index (χ4v) is 3.07. The predicted molar refractivity (Wildman–Crippen MR) is 126 cm³/mol. The van der Waals surface area contributed by atoms with E-state index in [4.69, 9.17) is 28.8 Å². The van der Waals surface area contributed by atoms with Gasteiger partial charge in [-0.05, 0) is 35.4 Å². The van der Waals surface area contributed by atoms with E-state index in [1.165, 1.54) is 11.1 Å². The summed E-state index contributed by atoms with van der Waals surface area (Å²) in [6.45, 7) is 10.2. The second kappa shape index (κ2) is 14.3. The molecule has 0 aliphatic heterocycles. The summed E-state index contributed by atoms with van der Waals surface area (Å²) in [6, 6.07) is 16.1. The molecule has 0 aromatic heterocycles. The molecule has 0 atom stereocenters. The van der Waals surface area contributed by atoms with Crippen LogP contribution in [0.2, 0.25) is 0 Å². The standard InChI is InChI=1S/C26H34O7/c1-4-25(28)33-20-17-30-16-19-32-24-11-7-22(8-12-24)26(2,3)21-5-9-23(10-6-21)31-18-15-29-14-13-27/h4-12,27H,1,13-20H2,2-3H3. The van der Waals surface area contributed by atoms with Crippen molar-refractivity contribution in [3.05, 3.63) is 72.3 Å². The summed E-state index contributed by atoms with van der Waals surface area (Å²) in [7, 11) is 0. The van der Waals surface area contributed by atoms with Gasteiger partial charge in [-0.1, -0.05) is 44.7 Å². The number of carbonyl (C=O) groups excluding carboxylic acids is 1.